The van der Waals surface area contributed by atoms with Crippen LogP contribution in [-0.2, 0) is 9.53 Å². The largest absolute Gasteiger partial charge is 0.466 e. The molecule has 106 valence electrons. The lowest BCUT2D eigenvalue weighted by Crippen LogP contribution is -2.27. The van der Waals surface area contributed by atoms with Crippen molar-refractivity contribution in [3.63, 3.8) is 0 Å². The molecular formula is C16H18ClNO2. The Morgan fingerprint density at radius 1 is 1.30 bits per heavy atom. The van der Waals surface area contributed by atoms with E-state index < -0.39 is 0 Å². The van der Waals surface area contributed by atoms with E-state index in [1.807, 2.05) is 56.1 Å². The Kier molecular flexibility index (Phi) is 4.19. The number of carbonyl (C=O) groups excluding carboxylic acids is 1. The number of methoxy groups -OCH3 is 1. The third-order valence-corrected chi connectivity index (χ3v) is 4.13. The molecule has 2 rings (SSSR count). The summed E-state index contributed by atoms with van der Waals surface area (Å²) < 4.78 is 4.94. The first-order valence-electron chi connectivity index (χ1n) is 6.43. The van der Waals surface area contributed by atoms with Crippen LogP contribution < -0.4 is 0 Å². The number of allylic oxidation sites excluding steroid dienone is 3. The summed E-state index contributed by atoms with van der Waals surface area (Å²) in [5.41, 5.74) is 3.52. The second-order valence-corrected chi connectivity index (χ2v) is 5.26. The second kappa shape index (κ2) is 5.71. The zero-order valence-corrected chi connectivity index (χ0v) is 12.9. The van der Waals surface area contributed by atoms with Gasteiger partial charge in [0.05, 0.1) is 12.7 Å². The molecule has 1 aromatic carbocycles. The molecule has 0 aliphatic carbocycles. The van der Waals surface area contributed by atoms with Crippen LogP contribution in [0.1, 0.15) is 25.3 Å². The van der Waals surface area contributed by atoms with E-state index in [0.29, 0.717) is 10.6 Å². The number of carbonyl (C=O) groups is 1. The molecule has 1 aliphatic heterocycles. The monoisotopic (exact) mass is 291 g/mol. The molecule has 0 amide bonds. The number of nitrogens with zero attached hydrogens (tertiary/aromatic N) is 1. The molecule has 4 heteroatoms. The van der Waals surface area contributed by atoms with E-state index in [-0.39, 0.29) is 11.9 Å². The molecule has 0 aromatic heterocycles. The average molecular weight is 292 g/mol. The highest BCUT2D eigenvalue weighted by atomic mass is 35.5. The summed E-state index contributed by atoms with van der Waals surface area (Å²) in [5, 5.41) is 0.653. The fourth-order valence-corrected chi connectivity index (χ4v) is 2.72. The third kappa shape index (κ3) is 2.46. The fraction of sp³-hybridized carbons (Fsp3) is 0.312. The smallest absolute Gasteiger partial charge is 0.336 e. The van der Waals surface area contributed by atoms with Gasteiger partial charge in [-0.2, -0.15) is 0 Å². The zero-order valence-electron chi connectivity index (χ0n) is 12.1. The van der Waals surface area contributed by atoms with Crippen molar-refractivity contribution < 1.29 is 9.53 Å². The molecule has 1 unspecified atom stereocenters. The fourth-order valence-electron chi connectivity index (χ4n) is 2.46. The van der Waals surface area contributed by atoms with Crippen LogP contribution in [0, 0.1) is 0 Å². The normalized spacial score (nSPS) is 18.9. The van der Waals surface area contributed by atoms with Gasteiger partial charge < -0.3 is 9.64 Å². The predicted octanol–water partition coefficient (Wildman–Crippen LogP) is 3.72. The van der Waals surface area contributed by atoms with Crippen molar-refractivity contribution >= 4 is 17.6 Å². The maximum Gasteiger partial charge on any atom is 0.336 e. The third-order valence-electron chi connectivity index (χ3n) is 3.79. The molecule has 0 bridgehead atoms. The number of benzene rings is 1. The lowest BCUT2D eigenvalue weighted by molar-refractivity contribution is -0.136. The summed E-state index contributed by atoms with van der Waals surface area (Å²) in [5.74, 6) is -0.490. The number of esters is 1. The van der Waals surface area contributed by atoms with E-state index >= 15 is 0 Å². The van der Waals surface area contributed by atoms with E-state index in [2.05, 4.69) is 0 Å². The summed E-state index contributed by atoms with van der Waals surface area (Å²) in [6.07, 6.45) is 2.04. The Morgan fingerprint density at radius 2 is 1.95 bits per heavy atom. The molecule has 1 heterocycles. The Labute approximate surface area is 124 Å². The Balaban J connectivity index is 2.60. The van der Waals surface area contributed by atoms with Crippen molar-refractivity contribution in [3.05, 3.63) is 57.9 Å². The predicted molar refractivity (Wildman–Crippen MR) is 80.4 cm³/mol. The van der Waals surface area contributed by atoms with Crippen molar-refractivity contribution in [2.75, 3.05) is 14.2 Å². The molecular weight excluding hydrogens is 274 g/mol. The molecule has 0 radical (unpaired) electrons. The Morgan fingerprint density at radius 3 is 2.55 bits per heavy atom. The summed E-state index contributed by atoms with van der Waals surface area (Å²) in [4.78, 5) is 14.1. The van der Waals surface area contributed by atoms with Crippen LogP contribution in [0.4, 0.5) is 0 Å². The van der Waals surface area contributed by atoms with Gasteiger partial charge in [0.2, 0.25) is 0 Å². The van der Waals surface area contributed by atoms with Gasteiger partial charge in [-0.05, 0) is 25.5 Å². The van der Waals surface area contributed by atoms with Gasteiger partial charge in [0.1, 0.15) is 0 Å². The van der Waals surface area contributed by atoms with E-state index in [1.54, 1.807) is 0 Å². The van der Waals surface area contributed by atoms with Crippen LogP contribution in [0.25, 0.3) is 0 Å². The lowest BCUT2D eigenvalue weighted by Gasteiger charge is -2.32. The van der Waals surface area contributed by atoms with Crippen molar-refractivity contribution in [3.8, 4) is 0 Å². The summed E-state index contributed by atoms with van der Waals surface area (Å²) in [7, 11) is 3.34. The van der Waals surface area contributed by atoms with Crippen molar-refractivity contribution in [1.82, 2.24) is 4.90 Å². The molecule has 0 saturated heterocycles. The minimum atomic E-state index is -0.317. The molecule has 20 heavy (non-hydrogen) atoms. The van der Waals surface area contributed by atoms with Gasteiger partial charge in [-0.1, -0.05) is 35.9 Å². The summed E-state index contributed by atoms with van der Waals surface area (Å²) >= 11 is 6.29. The van der Waals surface area contributed by atoms with E-state index in [4.69, 9.17) is 16.3 Å². The van der Waals surface area contributed by atoms with Gasteiger partial charge in [0, 0.05) is 29.4 Å². The van der Waals surface area contributed by atoms with Crippen molar-refractivity contribution in [2.45, 2.75) is 19.8 Å². The van der Waals surface area contributed by atoms with Gasteiger partial charge in [0.25, 0.3) is 0 Å². The molecule has 1 atom stereocenters. The van der Waals surface area contributed by atoms with Gasteiger partial charge in [-0.15, -0.1) is 0 Å². The number of ether oxygens (including phenoxy) is 1. The standard InChI is InChI=1S/C16H18ClNO2/c1-10-9-13(12-7-5-6-8-14(12)17)15(16(19)20-4)11(2)18(10)3/h5-9,13H,1-4H3. The SMILES string of the molecule is COC(=O)C1=C(C)N(C)C(C)=CC1c1ccccc1Cl. The highest BCUT2D eigenvalue weighted by Gasteiger charge is 2.30. The van der Waals surface area contributed by atoms with Crippen LogP contribution in [0.2, 0.25) is 5.02 Å². The zero-order chi connectivity index (χ0) is 14.9. The minimum Gasteiger partial charge on any atom is -0.466 e. The van der Waals surface area contributed by atoms with Crippen molar-refractivity contribution in [1.29, 1.82) is 0 Å². The van der Waals surface area contributed by atoms with Crippen LogP contribution in [-0.4, -0.2) is 25.0 Å². The van der Waals surface area contributed by atoms with Crippen LogP contribution in [0.3, 0.4) is 0 Å². The van der Waals surface area contributed by atoms with Gasteiger partial charge in [0.15, 0.2) is 0 Å². The maximum absolute atomic E-state index is 12.1. The number of hydrogen-bond acceptors (Lipinski definition) is 3. The maximum atomic E-state index is 12.1. The molecule has 0 fully saturated rings. The molecule has 3 nitrogen and oxygen atoms in total. The van der Waals surface area contributed by atoms with Gasteiger partial charge >= 0.3 is 5.97 Å². The molecule has 0 saturated carbocycles. The van der Waals surface area contributed by atoms with E-state index in [9.17, 15) is 4.79 Å². The molecule has 1 aliphatic rings. The Hall–Kier alpha value is -1.74. The summed E-state index contributed by atoms with van der Waals surface area (Å²) in [6.45, 7) is 3.94. The van der Waals surface area contributed by atoms with E-state index in [1.165, 1.54) is 7.11 Å². The molecule has 1 aromatic rings. The Bertz CT molecular complexity index is 604. The second-order valence-electron chi connectivity index (χ2n) is 4.86. The first-order chi connectivity index (χ1) is 9.47. The van der Waals surface area contributed by atoms with Gasteiger partial charge in [-0.25, -0.2) is 4.79 Å². The highest BCUT2D eigenvalue weighted by Crippen LogP contribution is 2.38. The topological polar surface area (TPSA) is 29.5 Å². The average Bonchev–Trinajstić information content (AvgIpc) is 2.44. The number of hydrogen-bond donors (Lipinski definition) is 0. The number of halogens is 1. The highest BCUT2D eigenvalue weighted by molar-refractivity contribution is 6.31. The van der Waals surface area contributed by atoms with E-state index in [0.717, 1.165) is 17.0 Å². The lowest BCUT2D eigenvalue weighted by atomic mass is 9.86. The molecule has 0 spiro atoms. The molecule has 0 N–H and O–H groups in total. The van der Waals surface area contributed by atoms with Crippen LogP contribution in [0.5, 0.6) is 0 Å². The van der Waals surface area contributed by atoms with Crippen molar-refractivity contribution in [2.24, 2.45) is 0 Å². The number of rotatable bonds is 2. The first-order valence-corrected chi connectivity index (χ1v) is 6.80. The quantitative estimate of drug-likeness (QED) is 0.778. The van der Waals surface area contributed by atoms with Gasteiger partial charge in [-0.3, -0.25) is 0 Å². The van der Waals surface area contributed by atoms with Crippen LogP contribution >= 0.6 is 11.6 Å². The summed E-state index contributed by atoms with van der Waals surface area (Å²) in [6, 6.07) is 7.58. The first kappa shape index (κ1) is 14.7. The minimum absolute atomic E-state index is 0.174. The van der Waals surface area contributed by atoms with Crippen LogP contribution in [0.15, 0.2) is 47.3 Å².